The molecule has 1 amide bonds. The first-order valence-electron chi connectivity index (χ1n) is 6.19. The van der Waals surface area contributed by atoms with Gasteiger partial charge in [-0.3, -0.25) is 9.59 Å². The SMILES string of the molecule is Cc1ccnc(NC2(CC(=O)O)CCC2)c1C(N)=O. The van der Waals surface area contributed by atoms with Crippen LogP contribution in [0.25, 0.3) is 0 Å². The lowest BCUT2D eigenvalue weighted by molar-refractivity contribution is -0.138. The Hall–Kier alpha value is -2.11. The molecule has 4 N–H and O–H groups in total. The molecule has 0 spiro atoms. The molecule has 0 saturated heterocycles. The minimum absolute atomic E-state index is 0.0147. The summed E-state index contributed by atoms with van der Waals surface area (Å²) in [5.74, 6) is -1.04. The number of anilines is 1. The zero-order chi connectivity index (χ0) is 14.0. The first-order chi connectivity index (χ1) is 8.93. The summed E-state index contributed by atoms with van der Waals surface area (Å²) in [5, 5.41) is 12.1. The number of nitrogens with zero attached hydrogens (tertiary/aromatic N) is 1. The number of nitrogens with one attached hydrogen (secondary N) is 1. The third-order valence-electron chi connectivity index (χ3n) is 3.59. The molecule has 0 aromatic carbocycles. The van der Waals surface area contributed by atoms with E-state index in [1.165, 1.54) is 0 Å². The van der Waals surface area contributed by atoms with Gasteiger partial charge in [0, 0.05) is 11.7 Å². The maximum Gasteiger partial charge on any atom is 0.305 e. The minimum atomic E-state index is -0.861. The van der Waals surface area contributed by atoms with Gasteiger partial charge in [0.05, 0.1) is 12.0 Å². The van der Waals surface area contributed by atoms with Crippen LogP contribution in [-0.4, -0.2) is 27.5 Å². The molecule has 1 aliphatic carbocycles. The van der Waals surface area contributed by atoms with Crippen LogP contribution in [0.5, 0.6) is 0 Å². The van der Waals surface area contributed by atoms with Gasteiger partial charge in [-0.25, -0.2) is 4.98 Å². The lowest BCUT2D eigenvalue weighted by Gasteiger charge is -2.42. The van der Waals surface area contributed by atoms with Crippen molar-refractivity contribution >= 4 is 17.7 Å². The summed E-state index contributed by atoms with van der Waals surface area (Å²) in [6.45, 7) is 1.78. The van der Waals surface area contributed by atoms with Crippen molar-refractivity contribution in [2.45, 2.75) is 38.1 Å². The molecule has 0 aliphatic heterocycles. The summed E-state index contributed by atoms with van der Waals surface area (Å²) in [4.78, 5) is 26.5. The van der Waals surface area contributed by atoms with E-state index < -0.39 is 17.4 Å². The summed E-state index contributed by atoms with van der Waals surface area (Å²) in [5.41, 5.74) is 5.92. The number of aromatic nitrogens is 1. The number of rotatable bonds is 5. The second-order valence-corrected chi connectivity index (χ2v) is 5.05. The first kappa shape index (κ1) is 13.3. The Labute approximate surface area is 111 Å². The van der Waals surface area contributed by atoms with E-state index in [2.05, 4.69) is 10.3 Å². The quantitative estimate of drug-likeness (QED) is 0.742. The van der Waals surface area contributed by atoms with E-state index in [0.29, 0.717) is 11.4 Å². The van der Waals surface area contributed by atoms with Crippen molar-refractivity contribution in [1.29, 1.82) is 0 Å². The average molecular weight is 263 g/mol. The number of pyridine rings is 1. The molecule has 102 valence electrons. The van der Waals surface area contributed by atoms with E-state index in [-0.39, 0.29) is 6.42 Å². The molecule has 0 unspecified atom stereocenters. The Kier molecular flexibility index (Phi) is 3.42. The van der Waals surface area contributed by atoms with Crippen molar-refractivity contribution in [1.82, 2.24) is 4.98 Å². The molecule has 2 rings (SSSR count). The fourth-order valence-electron chi connectivity index (χ4n) is 2.45. The fraction of sp³-hybridized carbons (Fsp3) is 0.462. The maximum atomic E-state index is 11.5. The van der Waals surface area contributed by atoms with Crippen LogP contribution in [-0.2, 0) is 4.79 Å². The highest BCUT2D eigenvalue weighted by Gasteiger charge is 2.40. The third kappa shape index (κ3) is 2.67. The highest BCUT2D eigenvalue weighted by Crippen LogP contribution is 2.38. The predicted molar refractivity (Wildman–Crippen MR) is 69.9 cm³/mol. The number of amides is 1. The van der Waals surface area contributed by atoms with Gasteiger partial charge < -0.3 is 16.2 Å². The Balaban J connectivity index is 2.30. The normalized spacial score (nSPS) is 16.5. The standard InChI is InChI=1S/C13H17N3O3/c1-8-3-6-15-12(10(8)11(14)19)16-13(4-2-5-13)7-9(17)18/h3,6H,2,4-5,7H2,1H3,(H2,14,19)(H,15,16)(H,17,18). The van der Waals surface area contributed by atoms with Crippen molar-refractivity contribution in [3.63, 3.8) is 0 Å². The van der Waals surface area contributed by atoms with Gasteiger partial charge in [-0.1, -0.05) is 0 Å². The van der Waals surface area contributed by atoms with E-state index in [4.69, 9.17) is 10.8 Å². The van der Waals surface area contributed by atoms with Crippen LogP contribution in [0.4, 0.5) is 5.82 Å². The molecule has 1 heterocycles. The maximum absolute atomic E-state index is 11.5. The lowest BCUT2D eigenvalue weighted by Crippen LogP contribution is -2.47. The predicted octanol–water partition coefficient (Wildman–Crippen LogP) is 1.30. The molecule has 1 saturated carbocycles. The molecular weight excluding hydrogens is 246 g/mol. The van der Waals surface area contributed by atoms with Crippen LogP contribution in [0.1, 0.15) is 41.6 Å². The van der Waals surface area contributed by atoms with Crippen LogP contribution in [0.15, 0.2) is 12.3 Å². The molecule has 0 atom stereocenters. The first-order valence-corrected chi connectivity index (χ1v) is 6.19. The second-order valence-electron chi connectivity index (χ2n) is 5.05. The monoisotopic (exact) mass is 263 g/mol. The summed E-state index contributed by atoms with van der Waals surface area (Å²) in [6.07, 6.45) is 4.08. The number of carboxylic acid groups (broad SMARTS) is 1. The van der Waals surface area contributed by atoms with Crippen LogP contribution < -0.4 is 11.1 Å². The van der Waals surface area contributed by atoms with Gasteiger partial charge in [0.15, 0.2) is 0 Å². The fourth-order valence-corrected chi connectivity index (χ4v) is 2.45. The van der Waals surface area contributed by atoms with Crippen LogP contribution in [0.2, 0.25) is 0 Å². The molecule has 19 heavy (non-hydrogen) atoms. The topological polar surface area (TPSA) is 105 Å². The summed E-state index contributed by atoms with van der Waals surface area (Å²) in [7, 11) is 0. The molecule has 6 nitrogen and oxygen atoms in total. The second kappa shape index (κ2) is 4.87. The van der Waals surface area contributed by atoms with Crippen molar-refractivity contribution < 1.29 is 14.7 Å². The number of nitrogens with two attached hydrogens (primary N) is 1. The lowest BCUT2D eigenvalue weighted by atomic mass is 9.74. The smallest absolute Gasteiger partial charge is 0.305 e. The Morgan fingerprint density at radius 3 is 2.68 bits per heavy atom. The number of carbonyl (C=O) groups excluding carboxylic acids is 1. The molecule has 1 aromatic rings. The van der Waals surface area contributed by atoms with E-state index in [1.54, 1.807) is 19.2 Å². The molecule has 0 radical (unpaired) electrons. The van der Waals surface area contributed by atoms with Gasteiger partial charge in [0.25, 0.3) is 5.91 Å². The van der Waals surface area contributed by atoms with Crippen molar-refractivity contribution in [3.05, 3.63) is 23.4 Å². The highest BCUT2D eigenvalue weighted by molar-refractivity contribution is 5.99. The number of aliphatic carboxylic acids is 1. The average Bonchev–Trinajstić information content (AvgIpc) is 2.24. The molecular formula is C13H17N3O3. The van der Waals surface area contributed by atoms with Gasteiger partial charge in [0.1, 0.15) is 5.82 Å². The zero-order valence-electron chi connectivity index (χ0n) is 10.8. The van der Waals surface area contributed by atoms with Crippen molar-refractivity contribution in [2.24, 2.45) is 5.73 Å². The molecule has 6 heteroatoms. The summed E-state index contributed by atoms with van der Waals surface area (Å²) < 4.78 is 0. The summed E-state index contributed by atoms with van der Waals surface area (Å²) in [6, 6.07) is 1.70. The number of hydrogen-bond donors (Lipinski definition) is 3. The van der Waals surface area contributed by atoms with Crippen LogP contribution >= 0.6 is 0 Å². The number of hydrogen-bond acceptors (Lipinski definition) is 4. The molecule has 0 bridgehead atoms. The number of aryl methyl sites for hydroxylation is 1. The van der Waals surface area contributed by atoms with Gasteiger partial charge >= 0.3 is 5.97 Å². The highest BCUT2D eigenvalue weighted by atomic mass is 16.4. The zero-order valence-corrected chi connectivity index (χ0v) is 10.8. The van der Waals surface area contributed by atoms with Gasteiger partial charge in [-0.15, -0.1) is 0 Å². The van der Waals surface area contributed by atoms with Gasteiger partial charge in [-0.2, -0.15) is 0 Å². The Morgan fingerprint density at radius 1 is 1.53 bits per heavy atom. The van der Waals surface area contributed by atoms with Crippen molar-refractivity contribution in [2.75, 3.05) is 5.32 Å². The Bertz CT molecular complexity index is 524. The summed E-state index contributed by atoms with van der Waals surface area (Å²) >= 11 is 0. The Morgan fingerprint density at radius 2 is 2.21 bits per heavy atom. The molecule has 1 aromatic heterocycles. The molecule has 1 fully saturated rings. The third-order valence-corrected chi connectivity index (χ3v) is 3.59. The van der Waals surface area contributed by atoms with Gasteiger partial charge in [0.2, 0.25) is 0 Å². The molecule has 1 aliphatic rings. The van der Waals surface area contributed by atoms with E-state index >= 15 is 0 Å². The number of carboxylic acids is 1. The van der Waals surface area contributed by atoms with Crippen LogP contribution in [0, 0.1) is 6.92 Å². The minimum Gasteiger partial charge on any atom is -0.481 e. The van der Waals surface area contributed by atoms with Crippen molar-refractivity contribution in [3.8, 4) is 0 Å². The van der Waals surface area contributed by atoms with Gasteiger partial charge in [-0.05, 0) is 37.8 Å². The number of carbonyl (C=O) groups is 2. The van der Waals surface area contributed by atoms with E-state index in [9.17, 15) is 9.59 Å². The van der Waals surface area contributed by atoms with E-state index in [0.717, 1.165) is 24.8 Å². The largest absolute Gasteiger partial charge is 0.481 e. The van der Waals surface area contributed by atoms with E-state index in [1.807, 2.05) is 0 Å². The number of primary amides is 1. The van der Waals surface area contributed by atoms with Crippen LogP contribution in [0.3, 0.4) is 0 Å².